The lowest BCUT2D eigenvalue weighted by Gasteiger charge is -2.50. The summed E-state index contributed by atoms with van der Waals surface area (Å²) >= 11 is 0. The van der Waals surface area contributed by atoms with Crippen molar-refractivity contribution < 1.29 is 15.2 Å². The fraction of sp³-hybridized carbons (Fsp3) is 0.400. The minimum absolute atomic E-state index is 0.0754. The summed E-state index contributed by atoms with van der Waals surface area (Å²) < 4.78 is 5.42. The Morgan fingerprint density at radius 3 is 1.69 bits per heavy atom. The largest absolute Gasteiger partial charge is 0.497 e. The summed E-state index contributed by atoms with van der Waals surface area (Å²) in [7, 11) is 1.66. The zero-order valence-corrected chi connectivity index (χ0v) is 21.7. The van der Waals surface area contributed by atoms with Crippen molar-refractivity contribution in [1.82, 2.24) is 0 Å². The molecule has 0 bridgehead atoms. The van der Waals surface area contributed by atoms with Crippen molar-refractivity contribution in [3.63, 3.8) is 0 Å². The van der Waals surface area contributed by atoms with Crippen LogP contribution in [0.3, 0.4) is 0 Å². The molecule has 0 saturated heterocycles. The van der Waals surface area contributed by atoms with Crippen LogP contribution >= 0.6 is 0 Å². The van der Waals surface area contributed by atoms with Crippen molar-refractivity contribution in [2.45, 2.75) is 59.3 Å². The van der Waals surface area contributed by atoms with E-state index in [2.05, 4.69) is 79.3 Å². The average molecular weight is 486 g/mol. The van der Waals surface area contributed by atoms with Crippen LogP contribution in [0.15, 0.2) is 87.4 Å². The van der Waals surface area contributed by atoms with E-state index in [1.807, 2.05) is 18.2 Å². The Morgan fingerprint density at radius 1 is 0.750 bits per heavy atom. The predicted molar refractivity (Wildman–Crippen MR) is 143 cm³/mol. The first-order valence-electron chi connectivity index (χ1n) is 12.6. The molecule has 0 amide bonds. The molecule has 0 saturated carbocycles. The van der Waals surface area contributed by atoms with E-state index < -0.39 is 0 Å². The Labute approximate surface area is 213 Å². The van der Waals surface area contributed by atoms with Crippen LogP contribution in [0.25, 0.3) is 0 Å². The number of benzene rings is 2. The summed E-state index contributed by atoms with van der Waals surface area (Å²) in [5.41, 5.74) is 7.67. The van der Waals surface area contributed by atoms with Gasteiger partial charge in [-0.25, -0.2) is 0 Å². The third-order valence-corrected chi connectivity index (χ3v) is 7.65. The number of rotatable bonds is 3. The molecule has 6 nitrogen and oxygen atoms in total. The minimum atomic E-state index is -0.204. The summed E-state index contributed by atoms with van der Waals surface area (Å²) in [6, 6.07) is 18.4. The molecule has 0 unspecified atom stereocenters. The quantitative estimate of drug-likeness (QED) is 0.359. The van der Waals surface area contributed by atoms with Crippen LogP contribution < -0.4 is 9.64 Å². The van der Waals surface area contributed by atoms with Crippen LogP contribution in [0.5, 0.6) is 5.75 Å². The number of nitrogens with zero attached hydrogens (tertiary/aromatic N) is 3. The van der Waals surface area contributed by atoms with Gasteiger partial charge in [-0.15, -0.1) is 0 Å². The van der Waals surface area contributed by atoms with Crippen LogP contribution in [0.4, 0.5) is 5.69 Å². The van der Waals surface area contributed by atoms with Crippen LogP contribution in [0, 0.1) is 10.8 Å². The SMILES string of the molecule is COc1ccc(C2C3=C(CC(C)(C)CC3=NO)N(c3ccccc3)C3=C2C(=NO)CC(C)(C)C3)cc1. The molecule has 36 heavy (non-hydrogen) atoms. The number of hydrogen-bond acceptors (Lipinski definition) is 6. The molecule has 0 spiro atoms. The fourth-order valence-electron chi connectivity index (χ4n) is 6.22. The zero-order chi connectivity index (χ0) is 25.7. The maximum Gasteiger partial charge on any atom is 0.118 e. The van der Waals surface area contributed by atoms with Crippen molar-refractivity contribution in [1.29, 1.82) is 0 Å². The highest BCUT2D eigenvalue weighted by Gasteiger charge is 2.48. The van der Waals surface area contributed by atoms with E-state index in [4.69, 9.17) is 4.74 Å². The second-order valence-electron chi connectivity index (χ2n) is 11.7. The monoisotopic (exact) mass is 485 g/mol. The molecule has 0 aromatic heterocycles. The van der Waals surface area contributed by atoms with Crippen LogP contribution in [-0.4, -0.2) is 28.9 Å². The van der Waals surface area contributed by atoms with E-state index in [0.29, 0.717) is 24.3 Å². The lowest BCUT2D eigenvalue weighted by molar-refractivity contribution is 0.299. The number of oxime groups is 2. The van der Waals surface area contributed by atoms with Crippen LogP contribution in [0.1, 0.15) is 64.9 Å². The normalized spacial score (nSPS) is 25.1. The van der Waals surface area contributed by atoms with Gasteiger partial charge in [0.2, 0.25) is 0 Å². The molecule has 5 rings (SSSR count). The molecular weight excluding hydrogens is 450 g/mol. The van der Waals surface area contributed by atoms with Gasteiger partial charge in [0.05, 0.1) is 18.5 Å². The molecule has 0 fully saturated rings. The Bertz CT molecular complexity index is 1230. The Morgan fingerprint density at radius 2 is 1.25 bits per heavy atom. The van der Waals surface area contributed by atoms with Crippen LogP contribution in [-0.2, 0) is 0 Å². The van der Waals surface area contributed by atoms with E-state index in [9.17, 15) is 10.4 Å². The summed E-state index contributed by atoms with van der Waals surface area (Å²) in [5.74, 6) is 0.579. The fourth-order valence-corrected chi connectivity index (χ4v) is 6.22. The predicted octanol–water partition coefficient (Wildman–Crippen LogP) is 7.11. The summed E-state index contributed by atoms with van der Waals surface area (Å²) in [4.78, 5) is 2.35. The Hall–Kier alpha value is -3.54. The van der Waals surface area contributed by atoms with Gasteiger partial charge in [-0.1, -0.05) is 68.3 Å². The van der Waals surface area contributed by atoms with Crippen molar-refractivity contribution in [3.05, 3.63) is 82.7 Å². The molecule has 188 valence electrons. The average Bonchev–Trinajstić information content (AvgIpc) is 2.86. The topological polar surface area (TPSA) is 77.7 Å². The van der Waals surface area contributed by atoms with E-state index in [0.717, 1.165) is 52.4 Å². The number of methoxy groups -OCH3 is 1. The van der Waals surface area contributed by atoms with Gasteiger partial charge in [-0.05, 0) is 66.3 Å². The van der Waals surface area contributed by atoms with Gasteiger partial charge in [0, 0.05) is 34.1 Å². The van der Waals surface area contributed by atoms with Gasteiger partial charge in [0.15, 0.2) is 0 Å². The molecule has 2 N–H and O–H groups in total. The van der Waals surface area contributed by atoms with Gasteiger partial charge < -0.3 is 20.1 Å². The van der Waals surface area contributed by atoms with Crippen LogP contribution in [0.2, 0.25) is 0 Å². The van der Waals surface area contributed by atoms with E-state index in [1.54, 1.807) is 7.11 Å². The first kappa shape index (κ1) is 24.2. The summed E-state index contributed by atoms with van der Waals surface area (Å²) in [6.45, 7) is 8.90. The second kappa shape index (κ2) is 8.84. The summed E-state index contributed by atoms with van der Waals surface area (Å²) in [6.07, 6.45) is 3.01. The van der Waals surface area contributed by atoms with E-state index >= 15 is 0 Å². The third-order valence-electron chi connectivity index (χ3n) is 7.65. The maximum absolute atomic E-state index is 10.3. The highest BCUT2D eigenvalue weighted by Crippen LogP contribution is 2.55. The minimum Gasteiger partial charge on any atom is -0.497 e. The first-order valence-corrected chi connectivity index (χ1v) is 12.6. The molecule has 6 heteroatoms. The van der Waals surface area contributed by atoms with Gasteiger partial charge >= 0.3 is 0 Å². The molecule has 1 heterocycles. The molecule has 2 aromatic rings. The maximum atomic E-state index is 10.3. The highest BCUT2D eigenvalue weighted by atomic mass is 16.5. The number of ether oxygens (including phenoxy) is 1. The summed E-state index contributed by atoms with van der Waals surface area (Å²) in [5, 5.41) is 28.3. The molecule has 3 aliphatic rings. The highest BCUT2D eigenvalue weighted by molar-refractivity contribution is 6.11. The second-order valence-corrected chi connectivity index (χ2v) is 11.7. The smallest absolute Gasteiger partial charge is 0.118 e. The third kappa shape index (κ3) is 4.08. The standard InChI is InChI=1S/C30H35N3O3/c1-29(2)15-22(31-34)27-24(17-29)33(20-9-7-6-8-10-20)25-18-30(3,4)16-23(32-35)28(25)26(27)19-11-13-21(36-5)14-12-19/h6-14,26,34-35H,15-18H2,1-5H3. The van der Waals surface area contributed by atoms with Crippen molar-refractivity contribution in [2.75, 3.05) is 12.0 Å². The van der Waals surface area contributed by atoms with Gasteiger partial charge in [-0.3, -0.25) is 0 Å². The van der Waals surface area contributed by atoms with Gasteiger partial charge in [0.25, 0.3) is 0 Å². The molecule has 2 aromatic carbocycles. The molecular formula is C30H35N3O3. The Balaban J connectivity index is 1.85. The van der Waals surface area contributed by atoms with Crippen molar-refractivity contribution >= 4 is 17.1 Å². The van der Waals surface area contributed by atoms with E-state index in [-0.39, 0.29) is 16.7 Å². The number of allylic oxidation sites excluding steroid dienone is 4. The lowest BCUT2D eigenvalue weighted by Crippen LogP contribution is -2.44. The van der Waals surface area contributed by atoms with Crippen molar-refractivity contribution in [3.8, 4) is 5.75 Å². The molecule has 0 atom stereocenters. The lowest BCUT2D eigenvalue weighted by atomic mass is 9.63. The molecule has 0 radical (unpaired) electrons. The molecule has 1 aliphatic heterocycles. The van der Waals surface area contributed by atoms with Gasteiger partial charge in [-0.2, -0.15) is 0 Å². The van der Waals surface area contributed by atoms with E-state index in [1.165, 1.54) is 0 Å². The first-order chi connectivity index (χ1) is 17.2. The number of hydrogen-bond donors (Lipinski definition) is 2. The number of anilines is 1. The Kier molecular flexibility index (Phi) is 5.93. The van der Waals surface area contributed by atoms with Crippen molar-refractivity contribution in [2.24, 2.45) is 21.1 Å². The zero-order valence-electron chi connectivity index (χ0n) is 21.7. The molecule has 2 aliphatic carbocycles. The number of para-hydroxylation sites is 1. The van der Waals surface area contributed by atoms with Gasteiger partial charge in [0.1, 0.15) is 5.75 Å².